The van der Waals surface area contributed by atoms with Gasteiger partial charge < -0.3 is 19.8 Å². The van der Waals surface area contributed by atoms with Gasteiger partial charge in [0.2, 0.25) is 0 Å². The minimum atomic E-state index is -0.365. The lowest BCUT2D eigenvalue weighted by Gasteiger charge is -2.21. The molecule has 4 rings (SSSR count). The van der Waals surface area contributed by atoms with Crippen LogP contribution in [0.15, 0.2) is 77.3 Å². The number of nitrogens with one attached hydrogen (secondary N) is 1. The number of phenols is 1. The molecule has 4 aromatic rings. The Morgan fingerprint density at radius 2 is 1.59 bits per heavy atom. The number of carbonyl (C=O) groups excluding carboxylic acids is 1. The van der Waals surface area contributed by atoms with Gasteiger partial charge in [-0.2, -0.15) is 4.98 Å². The maximum absolute atomic E-state index is 13.3. The van der Waals surface area contributed by atoms with Gasteiger partial charge in [-0.1, -0.05) is 89.0 Å². The standard InChI is InChI=1S/C25H22Cl2N4O3/c26-20-13-19(14-21(27)22(20)32)24-29-23(30-34-24)25(33)31(16-18-9-5-2-6-10-18)12-11-28-15-17-7-3-1-4-8-17/h1-10,13-14,28,32H,11-12,15-16H2. The van der Waals surface area contributed by atoms with Gasteiger partial charge >= 0.3 is 0 Å². The SMILES string of the molecule is O=C(c1noc(-c2cc(Cl)c(O)c(Cl)c2)n1)N(CCNCc1ccccc1)Cc1ccccc1. The highest BCUT2D eigenvalue weighted by Gasteiger charge is 2.23. The predicted molar refractivity (Wildman–Crippen MR) is 131 cm³/mol. The zero-order valence-electron chi connectivity index (χ0n) is 18.1. The van der Waals surface area contributed by atoms with Crippen molar-refractivity contribution < 1.29 is 14.4 Å². The van der Waals surface area contributed by atoms with Gasteiger partial charge in [-0.25, -0.2) is 0 Å². The van der Waals surface area contributed by atoms with E-state index in [9.17, 15) is 9.90 Å². The third-order valence-corrected chi connectivity index (χ3v) is 5.69. The molecule has 0 radical (unpaired) electrons. The van der Waals surface area contributed by atoms with Crippen molar-refractivity contribution in [2.24, 2.45) is 0 Å². The average molecular weight is 497 g/mol. The van der Waals surface area contributed by atoms with Crippen molar-refractivity contribution in [3.05, 3.63) is 99.8 Å². The molecular formula is C25H22Cl2N4O3. The smallest absolute Gasteiger partial charge is 0.295 e. The molecule has 7 nitrogen and oxygen atoms in total. The first-order valence-corrected chi connectivity index (χ1v) is 11.4. The lowest BCUT2D eigenvalue weighted by Crippen LogP contribution is -2.37. The second-order valence-corrected chi connectivity index (χ2v) is 8.40. The number of hydrogen-bond acceptors (Lipinski definition) is 6. The first-order chi connectivity index (χ1) is 16.5. The van der Waals surface area contributed by atoms with Crippen LogP contribution in [0.4, 0.5) is 0 Å². The zero-order chi connectivity index (χ0) is 23.9. The normalized spacial score (nSPS) is 10.9. The molecule has 1 heterocycles. The number of amides is 1. The molecule has 9 heteroatoms. The number of aromatic hydroxyl groups is 1. The molecule has 0 aliphatic carbocycles. The van der Waals surface area contributed by atoms with Crippen LogP contribution in [0.3, 0.4) is 0 Å². The van der Waals surface area contributed by atoms with Crippen LogP contribution < -0.4 is 5.32 Å². The molecule has 0 saturated heterocycles. The highest BCUT2D eigenvalue weighted by molar-refractivity contribution is 6.37. The summed E-state index contributed by atoms with van der Waals surface area (Å²) in [6.45, 7) is 2.12. The Bertz CT molecular complexity index is 1230. The summed E-state index contributed by atoms with van der Waals surface area (Å²) in [5, 5.41) is 17.1. The average Bonchev–Trinajstić information content (AvgIpc) is 3.35. The van der Waals surface area contributed by atoms with Gasteiger partial charge in [0.05, 0.1) is 10.0 Å². The van der Waals surface area contributed by atoms with Crippen LogP contribution in [0.5, 0.6) is 5.75 Å². The van der Waals surface area contributed by atoms with Crippen molar-refractivity contribution in [3.8, 4) is 17.2 Å². The second-order valence-electron chi connectivity index (χ2n) is 7.59. The van der Waals surface area contributed by atoms with E-state index in [1.54, 1.807) is 4.90 Å². The topological polar surface area (TPSA) is 91.5 Å². The fourth-order valence-corrected chi connectivity index (χ4v) is 3.84. The van der Waals surface area contributed by atoms with Crippen LogP contribution in [0.25, 0.3) is 11.5 Å². The van der Waals surface area contributed by atoms with E-state index >= 15 is 0 Å². The van der Waals surface area contributed by atoms with Gasteiger partial charge in [0.25, 0.3) is 17.6 Å². The summed E-state index contributed by atoms with van der Waals surface area (Å²) in [6.07, 6.45) is 0. The van der Waals surface area contributed by atoms with Crippen LogP contribution in [-0.4, -0.2) is 39.1 Å². The molecule has 174 valence electrons. The van der Waals surface area contributed by atoms with Gasteiger partial charge in [0, 0.05) is 31.7 Å². The van der Waals surface area contributed by atoms with E-state index in [-0.39, 0.29) is 33.4 Å². The van der Waals surface area contributed by atoms with E-state index in [1.165, 1.54) is 12.1 Å². The summed E-state index contributed by atoms with van der Waals surface area (Å²) in [6, 6.07) is 22.6. The molecule has 0 fully saturated rings. The van der Waals surface area contributed by atoms with Gasteiger partial charge in [-0.15, -0.1) is 0 Å². The minimum Gasteiger partial charge on any atom is -0.505 e. The Kier molecular flexibility index (Phi) is 7.80. The van der Waals surface area contributed by atoms with Gasteiger partial charge in [0.1, 0.15) is 0 Å². The van der Waals surface area contributed by atoms with Crippen molar-refractivity contribution >= 4 is 29.1 Å². The summed E-state index contributed by atoms with van der Waals surface area (Å²) in [7, 11) is 0. The number of phenolic OH excluding ortho intramolecular Hbond substituents is 1. The zero-order valence-corrected chi connectivity index (χ0v) is 19.6. The monoisotopic (exact) mass is 496 g/mol. The van der Waals surface area contributed by atoms with Crippen molar-refractivity contribution in [2.75, 3.05) is 13.1 Å². The third kappa shape index (κ3) is 5.94. The molecule has 0 aliphatic rings. The summed E-state index contributed by atoms with van der Waals surface area (Å²) in [5.41, 5.74) is 2.55. The molecule has 0 bridgehead atoms. The van der Waals surface area contributed by atoms with Crippen LogP contribution in [0.1, 0.15) is 21.7 Å². The number of aromatic nitrogens is 2. The molecule has 0 saturated carbocycles. The molecule has 1 amide bonds. The molecule has 0 unspecified atom stereocenters. The number of carbonyl (C=O) groups is 1. The van der Waals surface area contributed by atoms with Crippen molar-refractivity contribution in [1.82, 2.24) is 20.4 Å². The molecule has 2 N–H and O–H groups in total. The predicted octanol–water partition coefficient (Wildman–Crippen LogP) is 5.18. The Labute approximate surface area is 206 Å². The molecule has 0 spiro atoms. The van der Waals surface area contributed by atoms with E-state index in [2.05, 4.69) is 15.5 Å². The number of halogens is 2. The Balaban J connectivity index is 1.48. The van der Waals surface area contributed by atoms with Crippen LogP contribution in [0.2, 0.25) is 10.0 Å². The van der Waals surface area contributed by atoms with E-state index < -0.39 is 0 Å². The molecular weight excluding hydrogens is 475 g/mol. The molecule has 1 aromatic heterocycles. The first-order valence-electron chi connectivity index (χ1n) is 10.6. The highest BCUT2D eigenvalue weighted by atomic mass is 35.5. The van der Waals surface area contributed by atoms with Gasteiger partial charge in [-0.3, -0.25) is 4.79 Å². The lowest BCUT2D eigenvalue weighted by atomic mass is 10.2. The maximum atomic E-state index is 13.3. The lowest BCUT2D eigenvalue weighted by molar-refractivity contribution is 0.0728. The minimum absolute atomic E-state index is 0.0452. The second kappa shape index (κ2) is 11.2. The number of benzene rings is 3. The summed E-state index contributed by atoms with van der Waals surface area (Å²) < 4.78 is 5.28. The molecule has 3 aromatic carbocycles. The fraction of sp³-hybridized carbons (Fsp3) is 0.160. The number of hydrogen-bond donors (Lipinski definition) is 2. The summed E-state index contributed by atoms with van der Waals surface area (Å²) in [5.74, 6) is -0.598. The van der Waals surface area contributed by atoms with Crippen LogP contribution >= 0.6 is 23.2 Å². The van der Waals surface area contributed by atoms with Crippen molar-refractivity contribution in [3.63, 3.8) is 0 Å². The van der Waals surface area contributed by atoms with E-state index in [0.29, 0.717) is 31.7 Å². The van der Waals surface area contributed by atoms with Crippen LogP contribution in [-0.2, 0) is 13.1 Å². The number of nitrogens with zero attached hydrogens (tertiary/aromatic N) is 3. The molecule has 0 atom stereocenters. The Morgan fingerprint density at radius 3 is 2.24 bits per heavy atom. The Morgan fingerprint density at radius 1 is 0.971 bits per heavy atom. The van der Waals surface area contributed by atoms with E-state index in [0.717, 1.165) is 11.1 Å². The molecule has 0 aliphatic heterocycles. The molecule has 34 heavy (non-hydrogen) atoms. The van der Waals surface area contributed by atoms with Crippen LogP contribution in [0, 0.1) is 0 Å². The third-order valence-electron chi connectivity index (χ3n) is 5.12. The highest BCUT2D eigenvalue weighted by Crippen LogP contribution is 2.35. The quantitative estimate of drug-likeness (QED) is 0.310. The number of rotatable bonds is 9. The summed E-state index contributed by atoms with van der Waals surface area (Å²) in [4.78, 5) is 19.2. The van der Waals surface area contributed by atoms with E-state index in [1.807, 2.05) is 60.7 Å². The largest absolute Gasteiger partial charge is 0.505 e. The van der Waals surface area contributed by atoms with E-state index in [4.69, 9.17) is 27.7 Å². The Hall–Kier alpha value is -3.39. The van der Waals surface area contributed by atoms with Crippen molar-refractivity contribution in [1.29, 1.82) is 0 Å². The fourth-order valence-electron chi connectivity index (χ4n) is 3.36. The van der Waals surface area contributed by atoms with Crippen molar-refractivity contribution in [2.45, 2.75) is 13.1 Å². The summed E-state index contributed by atoms with van der Waals surface area (Å²) >= 11 is 12.0. The van der Waals surface area contributed by atoms with Gasteiger partial charge in [0.15, 0.2) is 5.75 Å². The van der Waals surface area contributed by atoms with Gasteiger partial charge in [-0.05, 0) is 23.3 Å². The maximum Gasteiger partial charge on any atom is 0.295 e. The first kappa shape index (κ1) is 23.8.